The van der Waals surface area contributed by atoms with E-state index in [1.807, 2.05) is 0 Å². The molecule has 0 aliphatic carbocycles. The fourth-order valence-corrected chi connectivity index (χ4v) is 4.06. The van der Waals surface area contributed by atoms with E-state index in [0.717, 1.165) is 5.56 Å². The topological polar surface area (TPSA) is 49.9 Å². The number of methoxy groups -OCH3 is 1. The van der Waals surface area contributed by atoms with E-state index in [-0.39, 0.29) is 30.1 Å². The van der Waals surface area contributed by atoms with Gasteiger partial charge in [0.05, 0.1) is 25.3 Å². The van der Waals surface area contributed by atoms with Crippen molar-refractivity contribution in [1.29, 1.82) is 0 Å². The van der Waals surface area contributed by atoms with Crippen molar-refractivity contribution in [2.24, 2.45) is 0 Å². The van der Waals surface area contributed by atoms with Gasteiger partial charge in [0.15, 0.2) is 0 Å². The van der Waals surface area contributed by atoms with E-state index in [1.165, 1.54) is 12.1 Å². The maximum Gasteiger partial charge on any atom is 0.250 e. The largest absolute Gasteiger partial charge is 0.495 e. The molecule has 2 aliphatic rings. The molecule has 0 spiro atoms. The second-order valence-corrected chi connectivity index (χ2v) is 7.22. The molecule has 2 heterocycles. The van der Waals surface area contributed by atoms with Crippen molar-refractivity contribution >= 4 is 29.1 Å². The van der Waals surface area contributed by atoms with Crippen molar-refractivity contribution in [2.45, 2.75) is 24.9 Å². The van der Waals surface area contributed by atoms with Crippen LogP contribution in [0.1, 0.15) is 12.0 Å². The highest BCUT2D eigenvalue weighted by Gasteiger charge is 2.52. The number of fused-ring (bicyclic) bond motifs is 2. The number of likely N-dealkylation sites (tertiary alicyclic amines) is 1. The number of carbonyl (C=O) groups excluding carboxylic acids is 2. The van der Waals surface area contributed by atoms with E-state index >= 15 is 0 Å². The zero-order valence-corrected chi connectivity index (χ0v) is 15.4. The van der Waals surface area contributed by atoms with Gasteiger partial charge in [0.25, 0.3) is 0 Å². The molecule has 2 aromatic carbocycles. The highest BCUT2D eigenvalue weighted by Crippen LogP contribution is 2.41. The van der Waals surface area contributed by atoms with Crippen LogP contribution in [0.2, 0.25) is 5.02 Å². The number of rotatable bonds is 4. The Kier molecular flexibility index (Phi) is 4.52. The van der Waals surface area contributed by atoms with Crippen LogP contribution in [-0.2, 0) is 16.0 Å². The Bertz CT molecular complexity index is 903. The molecule has 2 aromatic rings. The number of ether oxygens (including phenoxy) is 1. The van der Waals surface area contributed by atoms with Crippen LogP contribution in [0.3, 0.4) is 0 Å². The first-order valence-electron chi connectivity index (χ1n) is 8.68. The quantitative estimate of drug-likeness (QED) is 0.809. The molecule has 2 bridgehead atoms. The molecule has 27 heavy (non-hydrogen) atoms. The molecule has 0 aromatic heterocycles. The number of anilines is 1. The second-order valence-electron chi connectivity index (χ2n) is 6.78. The lowest BCUT2D eigenvalue weighted by molar-refractivity contribution is -0.137. The number of carbonyl (C=O) groups is 2. The molecule has 2 amide bonds. The molecule has 2 saturated heterocycles. The number of piperazine rings is 1. The van der Waals surface area contributed by atoms with Gasteiger partial charge < -0.3 is 14.5 Å². The Morgan fingerprint density at radius 2 is 2.00 bits per heavy atom. The van der Waals surface area contributed by atoms with Gasteiger partial charge in [-0.3, -0.25) is 9.59 Å². The van der Waals surface area contributed by atoms with Crippen LogP contribution in [0.25, 0.3) is 0 Å². The highest BCUT2D eigenvalue weighted by molar-refractivity contribution is 6.31. The van der Waals surface area contributed by atoms with Gasteiger partial charge in [-0.05, 0) is 42.3 Å². The summed E-state index contributed by atoms with van der Waals surface area (Å²) in [5, 5.41) is 0.519. The third-order valence-electron chi connectivity index (χ3n) is 5.16. The van der Waals surface area contributed by atoms with Gasteiger partial charge in [-0.2, -0.15) is 0 Å². The van der Waals surface area contributed by atoms with Crippen molar-refractivity contribution in [3.05, 3.63) is 58.9 Å². The lowest BCUT2D eigenvalue weighted by Crippen LogP contribution is -2.53. The van der Waals surface area contributed by atoms with E-state index in [1.54, 1.807) is 47.2 Å². The summed E-state index contributed by atoms with van der Waals surface area (Å²) in [6.45, 7) is 0.464. The van der Waals surface area contributed by atoms with E-state index in [2.05, 4.69) is 0 Å². The molecule has 140 valence electrons. The summed E-state index contributed by atoms with van der Waals surface area (Å²) in [4.78, 5) is 28.9. The van der Waals surface area contributed by atoms with Gasteiger partial charge >= 0.3 is 0 Å². The summed E-state index contributed by atoms with van der Waals surface area (Å²) in [5.74, 6) is -0.0170. The Balaban J connectivity index is 1.52. The molecule has 0 saturated carbocycles. The average Bonchev–Trinajstić information content (AvgIpc) is 3.22. The lowest BCUT2D eigenvalue weighted by Gasteiger charge is -2.34. The van der Waals surface area contributed by atoms with Crippen LogP contribution < -0.4 is 9.64 Å². The van der Waals surface area contributed by atoms with Gasteiger partial charge in [0.2, 0.25) is 11.8 Å². The number of amides is 2. The fraction of sp³-hybridized carbons (Fsp3) is 0.300. The zero-order chi connectivity index (χ0) is 19.1. The summed E-state index contributed by atoms with van der Waals surface area (Å²) in [5.41, 5.74) is 1.36. The minimum absolute atomic E-state index is 0.105. The molecule has 0 N–H and O–H groups in total. The van der Waals surface area contributed by atoms with Crippen LogP contribution >= 0.6 is 11.6 Å². The smallest absolute Gasteiger partial charge is 0.250 e. The van der Waals surface area contributed by atoms with E-state index in [9.17, 15) is 14.0 Å². The molecular weight excluding hydrogens is 371 g/mol. The Morgan fingerprint density at radius 3 is 2.67 bits per heavy atom. The number of hydrogen-bond donors (Lipinski definition) is 0. The predicted molar refractivity (Wildman–Crippen MR) is 99.5 cm³/mol. The molecule has 7 heteroatoms. The van der Waals surface area contributed by atoms with Crippen LogP contribution in [0.5, 0.6) is 5.75 Å². The van der Waals surface area contributed by atoms with Gasteiger partial charge in [0, 0.05) is 11.6 Å². The number of halogens is 2. The molecule has 2 fully saturated rings. The minimum atomic E-state index is -0.480. The van der Waals surface area contributed by atoms with Gasteiger partial charge in [-0.1, -0.05) is 23.7 Å². The zero-order valence-electron chi connectivity index (χ0n) is 14.7. The first-order chi connectivity index (χ1) is 13.0. The lowest BCUT2D eigenvalue weighted by atomic mass is 10.1. The molecule has 4 rings (SSSR count). The monoisotopic (exact) mass is 388 g/mol. The fourth-order valence-electron chi connectivity index (χ4n) is 3.90. The van der Waals surface area contributed by atoms with E-state index < -0.39 is 6.04 Å². The molecule has 2 atom stereocenters. The van der Waals surface area contributed by atoms with Crippen molar-refractivity contribution in [3.8, 4) is 5.75 Å². The van der Waals surface area contributed by atoms with Crippen molar-refractivity contribution in [1.82, 2.24) is 4.90 Å². The van der Waals surface area contributed by atoms with Crippen molar-refractivity contribution in [3.63, 3.8) is 0 Å². The molecule has 0 radical (unpaired) electrons. The Morgan fingerprint density at radius 1 is 1.26 bits per heavy atom. The normalized spacial score (nSPS) is 21.1. The van der Waals surface area contributed by atoms with Gasteiger partial charge in [-0.15, -0.1) is 0 Å². The van der Waals surface area contributed by atoms with Crippen molar-refractivity contribution < 1.29 is 18.7 Å². The molecule has 0 unspecified atom stereocenters. The van der Waals surface area contributed by atoms with Crippen LogP contribution in [0.4, 0.5) is 10.1 Å². The first-order valence-corrected chi connectivity index (χ1v) is 9.06. The predicted octanol–water partition coefficient (Wildman–Crippen LogP) is 3.05. The van der Waals surface area contributed by atoms with E-state index in [0.29, 0.717) is 29.4 Å². The highest BCUT2D eigenvalue weighted by atomic mass is 35.5. The van der Waals surface area contributed by atoms with E-state index in [4.69, 9.17) is 16.3 Å². The third-order valence-corrected chi connectivity index (χ3v) is 5.39. The van der Waals surface area contributed by atoms with Crippen LogP contribution in [0.15, 0.2) is 42.5 Å². The third kappa shape index (κ3) is 3.14. The SMILES string of the molecule is COc1ccc(Cl)cc1N1C(=O)[C@@H]2C[C@H]1CN2C(=O)Cc1ccc(F)cc1. The minimum Gasteiger partial charge on any atom is -0.495 e. The average molecular weight is 389 g/mol. The summed E-state index contributed by atoms with van der Waals surface area (Å²) >= 11 is 6.10. The van der Waals surface area contributed by atoms with Gasteiger partial charge in [-0.25, -0.2) is 4.39 Å². The second kappa shape index (κ2) is 6.85. The first kappa shape index (κ1) is 17.8. The maximum atomic E-state index is 13.0. The summed E-state index contributed by atoms with van der Waals surface area (Å²) < 4.78 is 18.4. The van der Waals surface area contributed by atoms with Gasteiger partial charge in [0.1, 0.15) is 17.6 Å². The molecule has 2 aliphatic heterocycles. The maximum absolute atomic E-state index is 13.0. The summed E-state index contributed by atoms with van der Waals surface area (Å²) in [7, 11) is 1.55. The Labute approximate surface area is 161 Å². The summed E-state index contributed by atoms with van der Waals surface area (Å²) in [6, 6.07) is 10.4. The standard InChI is InChI=1S/C20H18ClFN2O3/c1-27-18-7-4-13(21)9-16(18)24-15-10-17(20(24)26)23(11-15)19(25)8-12-2-5-14(22)6-3-12/h2-7,9,15,17H,8,10-11H2,1H3/t15-,17-/m0/s1. The number of hydrogen-bond acceptors (Lipinski definition) is 3. The van der Waals surface area contributed by atoms with Crippen molar-refractivity contribution in [2.75, 3.05) is 18.6 Å². The Hall–Kier alpha value is -2.60. The van der Waals surface area contributed by atoms with Crippen LogP contribution in [0, 0.1) is 5.82 Å². The number of benzene rings is 2. The van der Waals surface area contributed by atoms with Crippen LogP contribution in [-0.4, -0.2) is 42.5 Å². The molecule has 5 nitrogen and oxygen atoms in total. The number of nitrogens with zero attached hydrogens (tertiary/aromatic N) is 2. The summed E-state index contributed by atoms with van der Waals surface area (Å²) in [6.07, 6.45) is 0.737. The molecular formula is C20H18ClFN2O3.